The molecule has 1 saturated heterocycles. The van der Waals surface area contributed by atoms with Crippen molar-refractivity contribution in [2.45, 2.75) is 32.5 Å². The molecule has 0 aromatic carbocycles. The van der Waals surface area contributed by atoms with Gasteiger partial charge in [0.25, 0.3) is 0 Å². The van der Waals surface area contributed by atoms with Crippen LogP contribution in [-0.4, -0.2) is 24.2 Å². The van der Waals surface area contributed by atoms with Crippen molar-refractivity contribution < 1.29 is 4.74 Å². The van der Waals surface area contributed by atoms with Gasteiger partial charge in [0.15, 0.2) is 0 Å². The summed E-state index contributed by atoms with van der Waals surface area (Å²) in [4.78, 5) is 4.41. The van der Waals surface area contributed by atoms with Crippen LogP contribution in [0.4, 0.5) is 0 Å². The van der Waals surface area contributed by atoms with Crippen LogP contribution in [0.25, 0.3) is 0 Å². The average molecular weight is 206 g/mol. The van der Waals surface area contributed by atoms with E-state index in [1.165, 1.54) is 12.8 Å². The highest BCUT2D eigenvalue weighted by Crippen LogP contribution is 2.09. The highest BCUT2D eigenvalue weighted by Gasteiger charge is 2.13. The summed E-state index contributed by atoms with van der Waals surface area (Å²) in [6.07, 6.45) is 2.74. The van der Waals surface area contributed by atoms with Crippen LogP contribution < -0.4 is 5.32 Å². The minimum absolute atomic E-state index is 0.362. The average Bonchev–Trinajstić information content (AvgIpc) is 2.28. The minimum atomic E-state index is 0.362. The van der Waals surface area contributed by atoms with Gasteiger partial charge < -0.3 is 10.1 Å². The summed E-state index contributed by atoms with van der Waals surface area (Å²) in [5.41, 5.74) is 2.08. The Labute approximate surface area is 90.9 Å². The van der Waals surface area contributed by atoms with E-state index in [0.29, 0.717) is 12.7 Å². The number of hydrogen-bond acceptors (Lipinski definition) is 3. The Balaban J connectivity index is 1.81. The molecule has 0 aliphatic carbocycles. The van der Waals surface area contributed by atoms with E-state index in [2.05, 4.69) is 10.3 Å². The lowest BCUT2D eigenvalue weighted by molar-refractivity contribution is 0.0236. The number of aryl methyl sites for hydroxylation is 1. The van der Waals surface area contributed by atoms with Gasteiger partial charge in [-0.15, -0.1) is 0 Å². The summed E-state index contributed by atoms with van der Waals surface area (Å²) in [6, 6.07) is 6.05. The van der Waals surface area contributed by atoms with E-state index in [4.69, 9.17) is 4.74 Å². The van der Waals surface area contributed by atoms with Crippen LogP contribution >= 0.6 is 0 Å². The fourth-order valence-electron chi connectivity index (χ4n) is 1.85. The van der Waals surface area contributed by atoms with Crippen molar-refractivity contribution in [3.63, 3.8) is 0 Å². The molecular formula is C12H18N2O. The van der Waals surface area contributed by atoms with Gasteiger partial charge in [-0.25, -0.2) is 0 Å². The number of nitrogens with one attached hydrogen (secondary N) is 1. The summed E-state index contributed by atoms with van der Waals surface area (Å²) < 4.78 is 5.80. The van der Waals surface area contributed by atoms with Gasteiger partial charge in [-0.3, -0.25) is 4.98 Å². The zero-order valence-electron chi connectivity index (χ0n) is 9.20. The summed E-state index contributed by atoms with van der Waals surface area (Å²) in [5, 5.41) is 3.34. The van der Waals surface area contributed by atoms with E-state index < -0.39 is 0 Å². The molecular weight excluding hydrogens is 188 g/mol. The molecule has 0 saturated carbocycles. The highest BCUT2D eigenvalue weighted by molar-refractivity contribution is 5.08. The maximum Gasteiger partial charge on any atom is 0.0892 e. The third-order valence-electron chi connectivity index (χ3n) is 2.66. The van der Waals surface area contributed by atoms with Crippen molar-refractivity contribution in [3.8, 4) is 0 Å². The quantitative estimate of drug-likeness (QED) is 0.816. The normalized spacial score (nSPS) is 21.5. The number of ether oxygens (including phenoxy) is 1. The van der Waals surface area contributed by atoms with Crippen LogP contribution in [0.2, 0.25) is 0 Å². The second-order valence-electron chi connectivity index (χ2n) is 4.05. The summed E-state index contributed by atoms with van der Waals surface area (Å²) in [6.45, 7) is 4.74. The molecule has 1 unspecified atom stereocenters. The van der Waals surface area contributed by atoms with Gasteiger partial charge >= 0.3 is 0 Å². The molecule has 1 aliphatic heterocycles. The van der Waals surface area contributed by atoms with Crippen molar-refractivity contribution in [1.29, 1.82) is 0 Å². The molecule has 1 fully saturated rings. The fourth-order valence-corrected chi connectivity index (χ4v) is 1.85. The third kappa shape index (κ3) is 3.29. The van der Waals surface area contributed by atoms with Gasteiger partial charge in [0.2, 0.25) is 0 Å². The van der Waals surface area contributed by atoms with E-state index >= 15 is 0 Å². The number of pyridine rings is 1. The molecule has 1 aromatic rings. The van der Waals surface area contributed by atoms with Crippen LogP contribution in [0.3, 0.4) is 0 Å². The van der Waals surface area contributed by atoms with Gasteiger partial charge in [-0.05, 0) is 38.4 Å². The van der Waals surface area contributed by atoms with Crippen molar-refractivity contribution in [1.82, 2.24) is 10.3 Å². The zero-order chi connectivity index (χ0) is 10.5. The van der Waals surface area contributed by atoms with E-state index in [0.717, 1.165) is 24.5 Å². The SMILES string of the molecule is Cc1cccc(COC2CCCNC2)n1. The van der Waals surface area contributed by atoms with Crippen LogP contribution in [0.5, 0.6) is 0 Å². The number of piperidine rings is 1. The molecule has 2 rings (SSSR count). The molecule has 2 heterocycles. The van der Waals surface area contributed by atoms with E-state index in [9.17, 15) is 0 Å². The Bertz CT molecular complexity index is 308. The van der Waals surface area contributed by atoms with E-state index in [1.807, 2.05) is 25.1 Å². The van der Waals surface area contributed by atoms with Crippen LogP contribution in [-0.2, 0) is 11.3 Å². The van der Waals surface area contributed by atoms with Gasteiger partial charge in [0, 0.05) is 12.2 Å². The second kappa shape index (κ2) is 5.24. The maximum absolute atomic E-state index is 5.80. The third-order valence-corrected chi connectivity index (χ3v) is 2.66. The first-order chi connectivity index (χ1) is 7.34. The fraction of sp³-hybridized carbons (Fsp3) is 0.583. The molecule has 1 aliphatic rings. The molecule has 1 N–H and O–H groups in total. The number of hydrogen-bond donors (Lipinski definition) is 1. The van der Waals surface area contributed by atoms with Gasteiger partial charge in [0.05, 0.1) is 18.4 Å². The van der Waals surface area contributed by atoms with E-state index in [1.54, 1.807) is 0 Å². The summed E-state index contributed by atoms with van der Waals surface area (Å²) in [5.74, 6) is 0. The van der Waals surface area contributed by atoms with Crippen molar-refractivity contribution in [3.05, 3.63) is 29.6 Å². The van der Waals surface area contributed by atoms with Crippen molar-refractivity contribution in [2.24, 2.45) is 0 Å². The maximum atomic E-state index is 5.80. The number of rotatable bonds is 3. The topological polar surface area (TPSA) is 34.1 Å². The molecule has 15 heavy (non-hydrogen) atoms. The molecule has 82 valence electrons. The predicted octanol–water partition coefficient (Wildman–Crippen LogP) is 1.66. The minimum Gasteiger partial charge on any atom is -0.371 e. The van der Waals surface area contributed by atoms with Crippen LogP contribution in [0, 0.1) is 6.92 Å². The van der Waals surface area contributed by atoms with Gasteiger partial charge in [-0.2, -0.15) is 0 Å². The summed E-state index contributed by atoms with van der Waals surface area (Å²) >= 11 is 0. The predicted molar refractivity (Wildman–Crippen MR) is 59.7 cm³/mol. The molecule has 3 nitrogen and oxygen atoms in total. The lowest BCUT2D eigenvalue weighted by Gasteiger charge is -2.22. The lowest BCUT2D eigenvalue weighted by Crippen LogP contribution is -2.35. The van der Waals surface area contributed by atoms with Crippen molar-refractivity contribution in [2.75, 3.05) is 13.1 Å². The Morgan fingerprint density at radius 1 is 1.53 bits per heavy atom. The van der Waals surface area contributed by atoms with Gasteiger partial charge in [0.1, 0.15) is 0 Å². The standard InChI is InChI=1S/C12H18N2O/c1-10-4-2-5-11(14-10)9-15-12-6-3-7-13-8-12/h2,4-5,12-13H,3,6-9H2,1H3. The monoisotopic (exact) mass is 206 g/mol. The van der Waals surface area contributed by atoms with E-state index in [-0.39, 0.29) is 0 Å². The second-order valence-corrected chi connectivity index (χ2v) is 4.05. The Kier molecular flexibility index (Phi) is 3.69. The largest absolute Gasteiger partial charge is 0.371 e. The number of nitrogens with zero attached hydrogens (tertiary/aromatic N) is 1. The molecule has 0 amide bonds. The Morgan fingerprint density at radius 3 is 3.20 bits per heavy atom. The first kappa shape index (κ1) is 10.6. The molecule has 1 aromatic heterocycles. The first-order valence-electron chi connectivity index (χ1n) is 5.59. The highest BCUT2D eigenvalue weighted by atomic mass is 16.5. The molecule has 3 heteroatoms. The van der Waals surface area contributed by atoms with Crippen LogP contribution in [0.1, 0.15) is 24.2 Å². The Hall–Kier alpha value is -0.930. The smallest absolute Gasteiger partial charge is 0.0892 e. The lowest BCUT2D eigenvalue weighted by atomic mass is 10.1. The molecule has 0 radical (unpaired) electrons. The Morgan fingerprint density at radius 2 is 2.47 bits per heavy atom. The van der Waals surface area contributed by atoms with Gasteiger partial charge in [-0.1, -0.05) is 6.07 Å². The van der Waals surface area contributed by atoms with Crippen molar-refractivity contribution >= 4 is 0 Å². The molecule has 1 atom stereocenters. The zero-order valence-corrected chi connectivity index (χ0v) is 9.20. The summed E-state index contributed by atoms with van der Waals surface area (Å²) in [7, 11) is 0. The molecule has 0 spiro atoms. The first-order valence-corrected chi connectivity index (χ1v) is 5.59. The van der Waals surface area contributed by atoms with Crippen LogP contribution in [0.15, 0.2) is 18.2 Å². The number of aromatic nitrogens is 1. The molecule has 0 bridgehead atoms.